The highest BCUT2D eigenvalue weighted by Gasteiger charge is 2.10. The van der Waals surface area contributed by atoms with Crippen molar-refractivity contribution in [1.82, 2.24) is 5.32 Å². The summed E-state index contributed by atoms with van der Waals surface area (Å²) in [5.74, 6) is -0.658. The number of carbonyl (C=O) groups excluding carboxylic acids is 2. The zero-order chi connectivity index (χ0) is 17.4. The van der Waals surface area contributed by atoms with Crippen molar-refractivity contribution >= 4 is 11.7 Å². The number of aryl methyl sites for hydroxylation is 1. The van der Waals surface area contributed by atoms with Crippen LogP contribution in [0.5, 0.6) is 0 Å². The lowest BCUT2D eigenvalue weighted by Gasteiger charge is -2.06. The molecular formula is C20H22FNO2. The number of rotatable bonds is 8. The van der Waals surface area contributed by atoms with E-state index >= 15 is 0 Å². The van der Waals surface area contributed by atoms with Gasteiger partial charge in [0.05, 0.1) is 0 Å². The van der Waals surface area contributed by atoms with Gasteiger partial charge in [-0.1, -0.05) is 55.8 Å². The second kappa shape index (κ2) is 8.96. The predicted molar refractivity (Wildman–Crippen MR) is 92.2 cm³/mol. The van der Waals surface area contributed by atoms with E-state index in [1.807, 2.05) is 24.3 Å². The van der Waals surface area contributed by atoms with Crippen LogP contribution in [-0.4, -0.2) is 11.7 Å². The first-order valence-corrected chi connectivity index (χ1v) is 8.22. The third-order valence-electron chi connectivity index (χ3n) is 3.83. The van der Waals surface area contributed by atoms with E-state index in [1.165, 1.54) is 11.6 Å². The number of amides is 1. The summed E-state index contributed by atoms with van der Waals surface area (Å²) in [6.45, 7) is 2.24. The monoisotopic (exact) mass is 327 g/mol. The van der Waals surface area contributed by atoms with Crippen LogP contribution in [0.25, 0.3) is 0 Å². The van der Waals surface area contributed by atoms with E-state index in [-0.39, 0.29) is 36.9 Å². The first kappa shape index (κ1) is 17.9. The molecule has 0 bridgehead atoms. The number of benzene rings is 2. The first-order chi connectivity index (χ1) is 11.6. The summed E-state index contributed by atoms with van der Waals surface area (Å²) in [5, 5.41) is 2.64. The van der Waals surface area contributed by atoms with Crippen molar-refractivity contribution in [3.8, 4) is 0 Å². The molecule has 2 aromatic rings. The van der Waals surface area contributed by atoms with Gasteiger partial charge in [0.25, 0.3) is 0 Å². The van der Waals surface area contributed by atoms with E-state index in [0.29, 0.717) is 11.1 Å². The minimum atomic E-state index is -0.346. The lowest BCUT2D eigenvalue weighted by molar-refractivity contribution is -0.121. The summed E-state index contributed by atoms with van der Waals surface area (Å²) >= 11 is 0. The zero-order valence-electron chi connectivity index (χ0n) is 13.8. The highest BCUT2D eigenvalue weighted by Crippen LogP contribution is 2.10. The molecule has 0 heterocycles. The van der Waals surface area contributed by atoms with E-state index < -0.39 is 0 Å². The molecule has 0 atom stereocenters. The van der Waals surface area contributed by atoms with Gasteiger partial charge in [-0.05, 0) is 18.1 Å². The summed E-state index contributed by atoms with van der Waals surface area (Å²) in [7, 11) is 0. The molecule has 0 fully saturated rings. The smallest absolute Gasteiger partial charge is 0.220 e. The maximum absolute atomic E-state index is 13.5. The molecule has 1 amide bonds. The predicted octanol–water partition coefficient (Wildman–Crippen LogP) is 4.06. The van der Waals surface area contributed by atoms with Crippen molar-refractivity contribution in [3.05, 3.63) is 71.0 Å². The van der Waals surface area contributed by atoms with Crippen molar-refractivity contribution in [2.75, 3.05) is 0 Å². The number of nitrogens with one attached hydrogen (secondary N) is 1. The molecular weight excluding hydrogens is 305 g/mol. The van der Waals surface area contributed by atoms with Gasteiger partial charge in [-0.3, -0.25) is 9.59 Å². The average Bonchev–Trinajstić information content (AvgIpc) is 2.60. The molecule has 0 saturated heterocycles. The van der Waals surface area contributed by atoms with Crippen molar-refractivity contribution in [1.29, 1.82) is 0 Å². The largest absolute Gasteiger partial charge is 0.352 e. The zero-order valence-corrected chi connectivity index (χ0v) is 13.8. The Bertz CT molecular complexity index is 695. The van der Waals surface area contributed by atoms with Gasteiger partial charge < -0.3 is 5.32 Å². The van der Waals surface area contributed by atoms with E-state index in [1.54, 1.807) is 18.2 Å². The van der Waals surface area contributed by atoms with Crippen LogP contribution in [0.4, 0.5) is 4.39 Å². The van der Waals surface area contributed by atoms with Gasteiger partial charge in [0, 0.05) is 30.5 Å². The molecule has 126 valence electrons. The molecule has 0 aliphatic heterocycles. The summed E-state index contributed by atoms with van der Waals surface area (Å²) in [6, 6.07) is 13.8. The maximum atomic E-state index is 13.5. The molecule has 0 aliphatic rings. The normalized spacial score (nSPS) is 10.4. The fourth-order valence-corrected chi connectivity index (χ4v) is 2.44. The van der Waals surface area contributed by atoms with Gasteiger partial charge in [0.1, 0.15) is 5.82 Å². The van der Waals surface area contributed by atoms with E-state index in [4.69, 9.17) is 0 Å². The number of carbonyl (C=O) groups is 2. The van der Waals surface area contributed by atoms with E-state index in [2.05, 4.69) is 12.2 Å². The Hall–Kier alpha value is -2.49. The van der Waals surface area contributed by atoms with Gasteiger partial charge >= 0.3 is 0 Å². The first-order valence-electron chi connectivity index (χ1n) is 8.22. The fraction of sp³-hybridized carbons (Fsp3) is 0.300. The van der Waals surface area contributed by atoms with Crippen molar-refractivity contribution in [2.24, 2.45) is 0 Å². The Morgan fingerprint density at radius 2 is 1.71 bits per heavy atom. The fourth-order valence-electron chi connectivity index (χ4n) is 2.44. The Kier molecular flexibility index (Phi) is 6.67. The molecule has 0 aromatic heterocycles. The Balaban J connectivity index is 1.78. The second-order valence-corrected chi connectivity index (χ2v) is 5.74. The number of hydrogen-bond donors (Lipinski definition) is 1. The van der Waals surface area contributed by atoms with Crippen LogP contribution < -0.4 is 5.32 Å². The standard InChI is InChI=1S/C20H22FNO2/c1-2-5-15-8-10-16(11-9-15)19(23)12-13-20(24)22-14-17-6-3-4-7-18(17)21/h3-4,6-11H,2,5,12-14H2,1H3,(H,22,24). The minimum absolute atomic E-state index is 0.0564. The molecule has 2 aromatic carbocycles. The van der Waals surface area contributed by atoms with E-state index in [9.17, 15) is 14.0 Å². The third kappa shape index (κ3) is 5.30. The van der Waals surface area contributed by atoms with Crippen LogP contribution in [0.1, 0.15) is 47.7 Å². The quantitative estimate of drug-likeness (QED) is 0.743. The molecule has 0 aliphatic carbocycles. The number of Topliss-reactive ketones (excluding diaryl/α,β-unsaturated/α-hetero) is 1. The highest BCUT2D eigenvalue weighted by molar-refractivity contribution is 5.97. The SMILES string of the molecule is CCCc1ccc(C(=O)CCC(=O)NCc2ccccc2F)cc1. The summed E-state index contributed by atoms with van der Waals surface area (Å²) < 4.78 is 13.5. The Morgan fingerprint density at radius 1 is 1.00 bits per heavy atom. The molecule has 2 rings (SSSR count). The molecule has 0 radical (unpaired) electrons. The van der Waals surface area contributed by atoms with Crippen LogP contribution in [0.3, 0.4) is 0 Å². The minimum Gasteiger partial charge on any atom is -0.352 e. The van der Waals surface area contributed by atoms with Gasteiger partial charge in [-0.25, -0.2) is 4.39 Å². The topological polar surface area (TPSA) is 46.2 Å². The van der Waals surface area contributed by atoms with Crippen LogP contribution in [0.15, 0.2) is 48.5 Å². The molecule has 24 heavy (non-hydrogen) atoms. The van der Waals surface area contributed by atoms with Crippen LogP contribution in [0, 0.1) is 5.82 Å². The van der Waals surface area contributed by atoms with Gasteiger partial charge in [0.15, 0.2) is 5.78 Å². The molecule has 4 heteroatoms. The number of hydrogen-bond acceptors (Lipinski definition) is 2. The lowest BCUT2D eigenvalue weighted by Crippen LogP contribution is -2.23. The molecule has 1 N–H and O–H groups in total. The number of ketones is 1. The molecule has 0 saturated carbocycles. The summed E-state index contributed by atoms with van der Waals surface area (Å²) in [5.41, 5.74) is 2.26. The third-order valence-corrected chi connectivity index (χ3v) is 3.83. The van der Waals surface area contributed by atoms with Gasteiger partial charge in [0.2, 0.25) is 5.91 Å². The summed E-state index contributed by atoms with van der Waals surface area (Å²) in [4.78, 5) is 23.9. The molecule has 3 nitrogen and oxygen atoms in total. The lowest BCUT2D eigenvalue weighted by atomic mass is 10.0. The molecule has 0 unspecified atom stereocenters. The van der Waals surface area contributed by atoms with Crippen molar-refractivity contribution in [2.45, 2.75) is 39.2 Å². The van der Waals surface area contributed by atoms with Gasteiger partial charge in [-0.15, -0.1) is 0 Å². The highest BCUT2D eigenvalue weighted by atomic mass is 19.1. The maximum Gasteiger partial charge on any atom is 0.220 e. The van der Waals surface area contributed by atoms with E-state index in [0.717, 1.165) is 12.8 Å². The molecule has 0 spiro atoms. The summed E-state index contributed by atoms with van der Waals surface area (Å²) in [6.07, 6.45) is 2.31. The van der Waals surface area contributed by atoms with Gasteiger partial charge in [-0.2, -0.15) is 0 Å². The Morgan fingerprint density at radius 3 is 2.38 bits per heavy atom. The van der Waals surface area contributed by atoms with Crippen molar-refractivity contribution < 1.29 is 14.0 Å². The average molecular weight is 327 g/mol. The van der Waals surface area contributed by atoms with Crippen molar-refractivity contribution in [3.63, 3.8) is 0 Å². The van der Waals surface area contributed by atoms with Crippen LogP contribution in [0.2, 0.25) is 0 Å². The Labute approximate surface area is 141 Å². The van der Waals surface area contributed by atoms with Crippen LogP contribution in [-0.2, 0) is 17.8 Å². The second-order valence-electron chi connectivity index (χ2n) is 5.74. The number of halogens is 1. The van der Waals surface area contributed by atoms with Crippen LogP contribution >= 0.6 is 0 Å².